The summed E-state index contributed by atoms with van der Waals surface area (Å²) in [6.07, 6.45) is 4.58. The predicted octanol–water partition coefficient (Wildman–Crippen LogP) is 6.96. The molecule has 9 heteroatoms. The summed E-state index contributed by atoms with van der Waals surface area (Å²) in [7, 11) is 0. The molecule has 3 fully saturated rings. The third-order valence-electron chi connectivity index (χ3n) is 8.28. The number of benzene rings is 2. The lowest BCUT2D eigenvalue weighted by atomic mass is 9.69. The van der Waals surface area contributed by atoms with E-state index in [0.29, 0.717) is 40.1 Å². The first-order chi connectivity index (χ1) is 17.8. The van der Waals surface area contributed by atoms with Gasteiger partial charge >= 0.3 is 5.97 Å². The van der Waals surface area contributed by atoms with E-state index in [9.17, 15) is 19.4 Å². The maximum Gasteiger partial charge on any atom is 0.335 e. The van der Waals surface area contributed by atoms with Gasteiger partial charge in [-0.1, -0.05) is 40.5 Å². The summed E-state index contributed by atoms with van der Waals surface area (Å²) in [5, 5.41) is 26.2. The second-order valence-electron chi connectivity index (χ2n) is 10.4. The fraction of sp³-hybridized carbons (Fsp3) is 0.429. The van der Waals surface area contributed by atoms with Crippen LogP contribution in [0.3, 0.4) is 0 Å². The van der Waals surface area contributed by atoms with E-state index in [1.54, 1.807) is 18.2 Å². The van der Waals surface area contributed by atoms with Gasteiger partial charge in [-0.2, -0.15) is 0 Å². The Bertz CT molecular complexity index is 1340. The minimum atomic E-state index is -1.34. The second-order valence-corrected chi connectivity index (χ2v) is 11.3. The quantitative estimate of drug-likeness (QED) is 0.333. The molecule has 6 nitrogen and oxygen atoms in total. The lowest BCUT2D eigenvalue weighted by molar-refractivity contribution is -0.117. The first kappa shape index (κ1) is 24.9. The molecular formula is C28H26Cl2FNO5. The Morgan fingerprint density at radius 3 is 2.38 bits per heavy atom. The van der Waals surface area contributed by atoms with Crippen molar-refractivity contribution in [2.75, 3.05) is 0 Å². The number of carbonyl (C=O) groups is 1. The van der Waals surface area contributed by atoms with Crippen LogP contribution in [0.15, 0.2) is 40.9 Å². The van der Waals surface area contributed by atoms with Crippen molar-refractivity contribution in [3.8, 4) is 11.3 Å². The molecule has 2 aromatic carbocycles. The van der Waals surface area contributed by atoms with Crippen molar-refractivity contribution in [1.82, 2.24) is 5.16 Å². The van der Waals surface area contributed by atoms with Gasteiger partial charge in [0.05, 0.1) is 33.9 Å². The SMILES string of the molecule is O=C(O)c1ccc(C2(O)C3CCC2CC(OCc2c(-c4c(Cl)cccc4Cl)noc2C2CC2)C3)c(F)c1. The molecule has 2 atom stereocenters. The molecule has 1 aromatic heterocycles. The van der Waals surface area contributed by atoms with Crippen LogP contribution in [0, 0.1) is 17.7 Å². The number of rotatable bonds is 7. The number of carboxylic acid groups (broad SMARTS) is 1. The van der Waals surface area contributed by atoms with Gasteiger partial charge in [-0.05, 0) is 74.6 Å². The summed E-state index contributed by atoms with van der Waals surface area (Å²) in [4.78, 5) is 11.2. The first-order valence-electron chi connectivity index (χ1n) is 12.6. The van der Waals surface area contributed by atoms with E-state index in [2.05, 4.69) is 5.16 Å². The molecule has 3 saturated carbocycles. The Morgan fingerprint density at radius 2 is 1.78 bits per heavy atom. The average Bonchev–Trinajstić information content (AvgIpc) is 3.60. The van der Waals surface area contributed by atoms with Crippen molar-refractivity contribution >= 4 is 29.2 Å². The first-order valence-corrected chi connectivity index (χ1v) is 13.3. The van der Waals surface area contributed by atoms with Crippen molar-refractivity contribution in [3.63, 3.8) is 0 Å². The molecule has 1 heterocycles. The van der Waals surface area contributed by atoms with E-state index < -0.39 is 17.4 Å². The largest absolute Gasteiger partial charge is 0.478 e. The minimum absolute atomic E-state index is 0.129. The maximum atomic E-state index is 14.9. The summed E-state index contributed by atoms with van der Waals surface area (Å²) >= 11 is 12.9. The smallest absolute Gasteiger partial charge is 0.335 e. The number of nitrogens with zero attached hydrogens (tertiary/aromatic N) is 1. The van der Waals surface area contributed by atoms with E-state index in [1.807, 2.05) is 0 Å². The van der Waals surface area contributed by atoms with E-state index in [1.165, 1.54) is 12.1 Å². The molecule has 0 saturated heterocycles. The zero-order valence-corrected chi connectivity index (χ0v) is 21.4. The fourth-order valence-electron chi connectivity index (χ4n) is 6.30. The lowest BCUT2D eigenvalue weighted by Gasteiger charge is -2.43. The lowest BCUT2D eigenvalue weighted by Crippen LogP contribution is -2.45. The highest BCUT2D eigenvalue weighted by atomic mass is 35.5. The number of aliphatic hydroxyl groups is 1. The van der Waals surface area contributed by atoms with Crippen molar-refractivity contribution in [3.05, 3.63) is 74.7 Å². The van der Waals surface area contributed by atoms with E-state index in [-0.39, 0.29) is 35.7 Å². The van der Waals surface area contributed by atoms with Gasteiger partial charge in [0.1, 0.15) is 17.3 Å². The van der Waals surface area contributed by atoms with Crippen molar-refractivity contribution < 1.29 is 28.7 Å². The van der Waals surface area contributed by atoms with Crippen LogP contribution >= 0.6 is 23.2 Å². The summed E-state index contributed by atoms with van der Waals surface area (Å²) in [6, 6.07) is 9.08. The minimum Gasteiger partial charge on any atom is -0.478 e. The zero-order chi connectivity index (χ0) is 25.9. The highest BCUT2D eigenvalue weighted by Gasteiger charge is 2.55. The van der Waals surface area contributed by atoms with Crippen LogP contribution in [-0.2, 0) is 16.9 Å². The highest BCUT2D eigenvalue weighted by Crippen LogP contribution is 2.56. The predicted molar refractivity (Wildman–Crippen MR) is 135 cm³/mol. The number of ether oxygens (including phenoxy) is 1. The molecule has 2 unspecified atom stereocenters. The molecule has 2 bridgehead atoms. The van der Waals surface area contributed by atoms with Crippen molar-refractivity contribution in [1.29, 1.82) is 0 Å². The number of hydrogen-bond acceptors (Lipinski definition) is 5. The maximum absolute atomic E-state index is 14.9. The Hall–Kier alpha value is -2.45. The van der Waals surface area contributed by atoms with Crippen LogP contribution in [0.2, 0.25) is 10.0 Å². The van der Waals surface area contributed by atoms with Gasteiger partial charge in [0, 0.05) is 22.6 Å². The molecule has 3 aromatic rings. The molecule has 194 valence electrons. The van der Waals surface area contributed by atoms with Gasteiger partial charge in [-0.25, -0.2) is 9.18 Å². The molecule has 0 amide bonds. The second kappa shape index (κ2) is 9.38. The molecule has 0 radical (unpaired) electrons. The topological polar surface area (TPSA) is 92.8 Å². The number of carboxylic acids is 1. The number of hydrogen-bond donors (Lipinski definition) is 2. The summed E-state index contributed by atoms with van der Waals surface area (Å²) in [5.74, 6) is -1.14. The fourth-order valence-corrected chi connectivity index (χ4v) is 6.88. The molecule has 2 N–H and O–H groups in total. The Morgan fingerprint density at radius 1 is 1.11 bits per heavy atom. The van der Waals surface area contributed by atoms with Gasteiger partial charge in [-0.15, -0.1) is 0 Å². The third-order valence-corrected chi connectivity index (χ3v) is 8.91. The molecular weight excluding hydrogens is 520 g/mol. The van der Waals surface area contributed by atoms with Crippen molar-refractivity contribution in [2.24, 2.45) is 11.8 Å². The van der Waals surface area contributed by atoms with E-state index in [4.69, 9.17) is 32.5 Å². The Balaban J connectivity index is 1.23. The summed E-state index contributed by atoms with van der Waals surface area (Å²) in [6.45, 7) is 0.274. The molecule has 6 rings (SSSR count). The van der Waals surface area contributed by atoms with E-state index in [0.717, 1.165) is 43.1 Å². The van der Waals surface area contributed by atoms with Gasteiger partial charge in [0.2, 0.25) is 0 Å². The zero-order valence-electron chi connectivity index (χ0n) is 19.9. The van der Waals surface area contributed by atoms with Gasteiger partial charge < -0.3 is 19.5 Å². The third kappa shape index (κ3) is 4.26. The number of halogens is 3. The number of fused-ring (bicyclic) bond motifs is 2. The Labute approximate surface area is 223 Å². The van der Waals surface area contributed by atoms with Crippen LogP contribution in [0.4, 0.5) is 4.39 Å². The standard InChI is InChI=1S/C28H26Cl2FNO5/c29-21-2-1-3-22(30)24(21)25-19(26(37-32-25)14-4-5-14)13-36-18-11-16-7-8-17(12-18)28(16,35)20-9-6-15(27(33)34)10-23(20)31/h1-3,6,9-10,14,16-18,35H,4-5,7-8,11-13H2,(H,33,34). The van der Waals surface area contributed by atoms with Crippen LogP contribution in [0.1, 0.15) is 71.7 Å². The monoisotopic (exact) mass is 545 g/mol. The molecule has 37 heavy (non-hydrogen) atoms. The van der Waals surface area contributed by atoms with Crippen LogP contribution < -0.4 is 0 Å². The van der Waals surface area contributed by atoms with Crippen LogP contribution in [-0.4, -0.2) is 27.4 Å². The normalized spacial score (nSPS) is 27.0. The van der Waals surface area contributed by atoms with E-state index >= 15 is 0 Å². The molecule has 3 aliphatic carbocycles. The van der Waals surface area contributed by atoms with Gasteiger partial charge in [0.25, 0.3) is 0 Å². The highest BCUT2D eigenvalue weighted by molar-refractivity contribution is 6.39. The summed E-state index contributed by atoms with van der Waals surface area (Å²) < 4.78 is 27.1. The molecule has 0 aliphatic heterocycles. The number of aromatic nitrogens is 1. The number of aromatic carboxylic acids is 1. The van der Waals surface area contributed by atoms with Gasteiger partial charge in [0.15, 0.2) is 0 Å². The van der Waals surface area contributed by atoms with Crippen LogP contribution in [0.25, 0.3) is 11.3 Å². The van der Waals surface area contributed by atoms with Gasteiger partial charge in [-0.3, -0.25) is 0 Å². The molecule has 0 spiro atoms. The van der Waals surface area contributed by atoms with Crippen molar-refractivity contribution in [2.45, 2.75) is 62.8 Å². The summed E-state index contributed by atoms with van der Waals surface area (Å²) in [5.41, 5.74) is 0.763. The Kier molecular flexibility index (Phi) is 6.30. The van der Waals surface area contributed by atoms with Crippen LogP contribution in [0.5, 0.6) is 0 Å². The average molecular weight is 546 g/mol. The molecule has 3 aliphatic rings.